The minimum atomic E-state index is 0.100. The van der Waals surface area contributed by atoms with E-state index in [0.29, 0.717) is 0 Å². The molecule has 0 aliphatic carbocycles. The number of aromatic amines is 1. The molecule has 1 aliphatic rings. The minimum absolute atomic E-state index is 0.100. The predicted molar refractivity (Wildman–Crippen MR) is 48.3 cm³/mol. The molecule has 2 rings (SSSR count). The van der Waals surface area contributed by atoms with Gasteiger partial charge in [-0.3, -0.25) is 0 Å². The maximum Gasteiger partial charge on any atom is 0.181 e. The van der Waals surface area contributed by atoms with Crippen molar-refractivity contribution in [3.63, 3.8) is 0 Å². The molecular formula is C8H15N5. The summed E-state index contributed by atoms with van der Waals surface area (Å²) >= 11 is 0. The summed E-state index contributed by atoms with van der Waals surface area (Å²) in [6, 6.07) is 0. The van der Waals surface area contributed by atoms with Gasteiger partial charge in [0.05, 0.1) is 0 Å². The van der Waals surface area contributed by atoms with Crippen LogP contribution in [0.2, 0.25) is 0 Å². The van der Waals surface area contributed by atoms with Gasteiger partial charge in [0, 0.05) is 12.0 Å². The lowest BCUT2D eigenvalue weighted by Crippen LogP contribution is -2.29. The van der Waals surface area contributed by atoms with E-state index in [4.69, 9.17) is 0 Å². The highest BCUT2D eigenvalue weighted by molar-refractivity contribution is 5.07. The summed E-state index contributed by atoms with van der Waals surface area (Å²) in [5, 5.41) is 14.3. The molecule has 1 fully saturated rings. The van der Waals surface area contributed by atoms with Gasteiger partial charge in [-0.05, 0) is 19.5 Å². The van der Waals surface area contributed by atoms with Crippen LogP contribution in [0.25, 0.3) is 0 Å². The number of hydrogen-bond acceptors (Lipinski definition) is 4. The van der Waals surface area contributed by atoms with Gasteiger partial charge >= 0.3 is 0 Å². The fraction of sp³-hybridized carbons (Fsp3) is 0.875. The van der Waals surface area contributed by atoms with E-state index in [1.54, 1.807) is 0 Å². The summed E-state index contributed by atoms with van der Waals surface area (Å²) in [6.45, 7) is 7.67. The fourth-order valence-electron chi connectivity index (χ4n) is 1.93. The van der Waals surface area contributed by atoms with Crippen molar-refractivity contribution in [1.82, 2.24) is 25.5 Å². The van der Waals surface area contributed by atoms with Crippen molar-refractivity contribution in [3.8, 4) is 0 Å². The summed E-state index contributed by atoms with van der Waals surface area (Å²) in [5.74, 6) is 0.850. The van der Waals surface area contributed by atoms with E-state index in [1.807, 2.05) is 0 Å². The monoisotopic (exact) mass is 181 g/mol. The van der Waals surface area contributed by atoms with Crippen LogP contribution in [0, 0.1) is 0 Å². The SMILES string of the molecule is CCN1CCC(C)(c2nn[nH]n2)C1. The third kappa shape index (κ3) is 1.44. The Morgan fingerprint density at radius 1 is 1.62 bits per heavy atom. The number of rotatable bonds is 2. The van der Waals surface area contributed by atoms with Crippen LogP contribution in [-0.4, -0.2) is 45.2 Å². The first kappa shape index (κ1) is 8.62. The van der Waals surface area contributed by atoms with Crippen molar-refractivity contribution >= 4 is 0 Å². The third-order valence-corrected chi connectivity index (χ3v) is 2.88. The van der Waals surface area contributed by atoms with Crippen LogP contribution in [-0.2, 0) is 5.41 Å². The van der Waals surface area contributed by atoms with Gasteiger partial charge in [0.1, 0.15) is 0 Å². The average molecular weight is 181 g/mol. The van der Waals surface area contributed by atoms with Gasteiger partial charge in [-0.2, -0.15) is 5.21 Å². The number of nitrogens with one attached hydrogen (secondary N) is 1. The normalized spacial score (nSPS) is 29.7. The Morgan fingerprint density at radius 2 is 2.46 bits per heavy atom. The van der Waals surface area contributed by atoms with Gasteiger partial charge in [-0.25, -0.2) is 0 Å². The van der Waals surface area contributed by atoms with Crippen LogP contribution in [0.3, 0.4) is 0 Å². The number of likely N-dealkylation sites (tertiary alicyclic amines) is 1. The molecule has 0 amide bonds. The highest BCUT2D eigenvalue weighted by Gasteiger charge is 2.37. The molecule has 0 saturated carbocycles. The number of H-pyrrole nitrogens is 1. The summed E-state index contributed by atoms with van der Waals surface area (Å²) in [7, 11) is 0. The Hall–Kier alpha value is -0.970. The van der Waals surface area contributed by atoms with E-state index >= 15 is 0 Å². The molecule has 1 saturated heterocycles. The lowest BCUT2D eigenvalue weighted by molar-refractivity contribution is 0.328. The average Bonchev–Trinajstić information content (AvgIpc) is 2.72. The molecule has 1 aromatic rings. The van der Waals surface area contributed by atoms with Crippen molar-refractivity contribution in [2.75, 3.05) is 19.6 Å². The lowest BCUT2D eigenvalue weighted by atomic mass is 9.89. The second-order valence-electron chi connectivity index (χ2n) is 3.91. The maximum atomic E-state index is 4.06. The van der Waals surface area contributed by atoms with Crippen molar-refractivity contribution in [2.24, 2.45) is 0 Å². The first-order chi connectivity index (χ1) is 6.24. The third-order valence-electron chi connectivity index (χ3n) is 2.88. The van der Waals surface area contributed by atoms with E-state index in [9.17, 15) is 0 Å². The van der Waals surface area contributed by atoms with Crippen LogP contribution in [0.15, 0.2) is 0 Å². The summed E-state index contributed by atoms with van der Waals surface area (Å²) in [5.41, 5.74) is 0.100. The highest BCUT2D eigenvalue weighted by atomic mass is 15.5. The van der Waals surface area contributed by atoms with Crippen LogP contribution in [0.1, 0.15) is 26.1 Å². The molecule has 1 atom stereocenters. The van der Waals surface area contributed by atoms with Gasteiger partial charge in [-0.1, -0.05) is 19.1 Å². The second kappa shape index (κ2) is 3.06. The van der Waals surface area contributed by atoms with E-state index in [1.165, 1.54) is 0 Å². The maximum absolute atomic E-state index is 4.06. The van der Waals surface area contributed by atoms with Crippen molar-refractivity contribution in [2.45, 2.75) is 25.7 Å². The quantitative estimate of drug-likeness (QED) is 0.707. The van der Waals surface area contributed by atoms with Crippen LogP contribution in [0.4, 0.5) is 0 Å². The first-order valence-corrected chi connectivity index (χ1v) is 4.71. The molecule has 0 spiro atoms. The molecule has 5 nitrogen and oxygen atoms in total. The Balaban J connectivity index is 2.15. The van der Waals surface area contributed by atoms with E-state index in [0.717, 1.165) is 31.9 Å². The van der Waals surface area contributed by atoms with E-state index in [2.05, 4.69) is 39.4 Å². The van der Waals surface area contributed by atoms with Crippen LogP contribution < -0.4 is 0 Å². The van der Waals surface area contributed by atoms with Crippen molar-refractivity contribution in [3.05, 3.63) is 5.82 Å². The van der Waals surface area contributed by atoms with Gasteiger partial charge in [0.25, 0.3) is 0 Å². The zero-order chi connectivity index (χ0) is 9.31. The van der Waals surface area contributed by atoms with Crippen molar-refractivity contribution < 1.29 is 0 Å². The Bertz CT molecular complexity index is 270. The number of aromatic nitrogens is 4. The summed E-state index contributed by atoms with van der Waals surface area (Å²) in [4.78, 5) is 2.41. The molecular weight excluding hydrogens is 166 g/mol. The summed E-state index contributed by atoms with van der Waals surface area (Å²) < 4.78 is 0. The van der Waals surface area contributed by atoms with Crippen LogP contribution in [0.5, 0.6) is 0 Å². The van der Waals surface area contributed by atoms with Crippen LogP contribution >= 0.6 is 0 Å². The predicted octanol–water partition coefficient (Wildman–Crippen LogP) is 0.183. The minimum Gasteiger partial charge on any atom is -0.303 e. The fourth-order valence-corrected chi connectivity index (χ4v) is 1.93. The Labute approximate surface area is 77.5 Å². The van der Waals surface area contributed by atoms with Gasteiger partial charge in [0.15, 0.2) is 5.82 Å². The number of nitrogens with zero attached hydrogens (tertiary/aromatic N) is 4. The highest BCUT2D eigenvalue weighted by Crippen LogP contribution is 2.30. The lowest BCUT2D eigenvalue weighted by Gasteiger charge is -2.19. The molecule has 2 heterocycles. The number of tetrazole rings is 1. The molecule has 0 aromatic carbocycles. The second-order valence-corrected chi connectivity index (χ2v) is 3.91. The largest absolute Gasteiger partial charge is 0.303 e. The topological polar surface area (TPSA) is 57.7 Å². The zero-order valence-corrected chi connectivity index (χ0v) is 8.12. The van der Waals surface area contributed by atoms with Gasteiger partial charge < -0.3 is 4.90 Å². The number of hydrogen-bond donors (Lipinski definition) is 1. The molecule has 5 heteroatoms. The molecule has 1 N–H and O–H groups in total. The molecule has 72 valence electrons. The van der Waals surface area contributed by atoms with E-state index < -0.39 is 0 Å². The van der Waals surface area contributed by atoms with Crippen molar-refractivity contribution in [1.29, 1.82) is 0 Å². The van der Waals surface area contributed by atoms with E-state index in [-0.39, 0.29) is 5.41 Å². The Morgan fingerprint density at radius 3 is 3.00 bits per heavy atom. The number of likely N-dealkylation sites (N-methyl/N-ethyl adjacent to an activating group) is 1. The standard InChI is InChI=1S/C8H15N5/c1-3-13-5-4-8(2,6-13)7-9-11-12-10-7/h3-6H2,1-2H3,(H,9,10,11,12). The summed E-state index contributed by atoms with van der Waals surface area (Å²) in [6.07, 6.45) is 1.13. The molecule has 13 heavy (non-hydrogen) atoms. The van der Waals surface area contributed by atoms with Gasteiger partial charge in [-0.15, -0.1) is 10.2 Å². The molecule has 0 bridgehead atoms. The first-order valence-electron chi connectivity index (χ1n) is 4.71. The zero-order valence-electron chi connectivity index (χ0n) is 8.12. The molecule has 1 aliphatic heterocycles. The van der Waals surface area contributed by atoms with Gasteiger partial charge in [0.2, 0.25) is 0 Å². The molecule has 1 aromatic heterocycles. The Kier molecular flexibility index (Phi) is 2.03. The smallest absolute Gasteiger partial charge is 0.181 e. The molecule has 1 unspecified atom stereocenters. The molecule has 0 radical (unpaired) electrons.